The van der Waals surface area contributed by atoms with Gasteiger partial charge in [-0.15, -0.1) is 6.58 Å². The molecule has 0 aromatic carbocycles. The number of Topliss-reactive ketones (excluding diaryl/α,β-unsaturated/α-hetero) is 1. The summed E-state index contributed by atoms with van der Waals surface area (Å²) in [5.41, 5.74) is 0.271. The lowest BCUT2D eigenvalue weighted by molar-refractivity contribution is -0.131. The van der Waals surface area contributed by atoms with Crippen molar-refractivity contribution in [3.63, 3.8) is 0 Å². The van der Waals surface area contributed by atoms with Crippen molar-refractivity contribution in [3.8, 4) is 0 Å². The van der Waals surface area contributed by atoms with E-state index in [1.807, 2.05) is 0 Å². The first-order valence-electron chi connectivity index (χ1n) is 3.13. The zero-order chi connectivity index (χ0) is 8.85. The van der Waals surface area contributed by atoms with Crippen molar-refractivity contribution in [1.29, 1.82) is 0 Å². The maximum absolute atomic E-state index is 10.7. The zero-order valence-corrected chi connectivity index (χ0v) is 6.33. The first kappa shape index (κ1) is 9.62. The SMILES string of the molecule is C=CCC(=CC(=O)O)C(C)=O. The highest BCUT2D eigenvalue weighted by Gasteiger charge is 2.02. The Labute approximate surface area is 65.0 Å². The Kier molecular flexibility index (Phi) is 3.88. The topological polar surface area (TPSA) is 54.4 Å². The van der Waals surface area contributed by atoms with E-state index in [2.05, 4.69) is 6.58 Å². The second kappa shape index (κ2) is 4.44. The van der Waals surface area contributed by atoms with Crippen molar-refractivity contribution in [3.05, 3.63) is 24.3 Å². The van der Waals surface area contributed by atoms with Crippen LogP contribution in [-0.2, 0) is 9.59 Å². The summed E-state index contributed by atoms with van der Waals surface area (Å²) in [5, 5.41) is 8.30. The largest absolute Gasteiger partial charge is 0.478 e. The fourth-order valence-corrected chi connectivity index (χ4v) is 0.609. The van der Waals surface area contributed by atoms with Crippen molar-refractivity contribution < 1.29 is 14.7 Å². The maximum atomic E-state index is 10.7. The van der Waals surface area contributed by atoms with Gasteiger partial charge in [-0.25, -0.2) is 4.79 Å². The van der Waals surface area contributed by atoms with Crippen molar-refractivity contribution in [1.82, 2.24) is 0 Å². The smallest absolute Gasteiger partial charge is 0.328 e. The molecular formula is C8H10O3. The highest BCUT2D eigenvalue weighted by molar-refractivity contribution is 5.99. The normalized spacial score (nSPS) is 10.8. The van der Waals surface area contributed by atoms with Gasteiger partial charge in [-0.2, -0.15) is 0 Å². The Bertz CT molecular complexity index is 213. The molecular weight excluding hydrogens is 144 g/mol. The summed E-state index contributed by atoms with van der Waals surface area (Å²) in [6, 6.07) is 0. The molecule has 0 aliphatic heterocycles. The molecule has 0 radical (unpaired) electrons. The van der Waals surface area contributed by atoms with Gasteiger partial charge in [0.05, 0.1) is 0 Å². The number of carbonyl (C=O) groups is 2. The van der Waals surface area contributed by atoms with Gasteiger partial charge < -0.3 is 5.11 Å². The van der Waals surface area contributed by atoms with E-state index in [-0.39, 0.29) is 11.4 Å². The lowest BCUT2D eigenvalue weighted by atomic mass is 10.1. The summed E-state index contributed by atoms with van der Waals surface area (Å²) in [6.45, 7) is 4.74. The maximum Gasteiger partial charge on any atom is 0.328 e. The Hall–Kier alpha value is -1.38. The minimum atomic E-state index is -1.10. The van der Waals surface area contributed by atoms with E-state index in [9.17, 15) is 9.59 Å². The molecule has 0 amide bonds. The molecule has 60 valence electrons. The molecule has 0 bridgehead atoms. The van der Waals surface area contributed by atoms with Crippen LogP contribution in [0.25, 0.3) is 0 Å². The quantitative estimate of drug-likeness (QED) is 0.488. The van der Waals surface area contributed by atoms with Crippen LogP contribution in [0.2, 0.25) is 0 Å². The second-order valence-corrected chi connectivity index (χ2v) is 2.06. The molecule has 0 fully saturated rings. The van der Waals surface area contributed by atoms with Gasteiger partial charge in [0.15, 0.2) is 5.78 Å². The summed E-state index contributed by atoms with van der Waals surface area (Å²) < 4.78 is 0. The number of hydrogen-bond acceptors (Lipinski definition) is 2. The molecule has 0 aromatic rings. The van der Waals surface area contributed by atoms with Crippen LogP contribution in [0.5, 0.6) is 0 Å². The summed E-state index contributed by atoms with van der Waals surface area (Å²) in [6.07, 6.45) is 2.71. The molecule has 1 N–H and O–H groups in total. The third kappa shape index (κ3) is 4.08. The lowest BCUT2D eigenvalue weighted by Crippen LogP contribution is -1.99. The van der Waals surface area contributed by atoms with Gasteiger partial charge >= 0.3 is 5.97 Å². The van der Waals surface area contributed by atoms with Crippen molar-refractivity contribution in [2.24, 2.45) is 0 Å². The Morgan fingerprint density at radius 3 is 2.36 bits per heavy atom. The minimum absolute atomic E-state index is 0.229. The van der Waals surface area contributed by atoms with Gasteiger partial charge in [0.1, 0.15) is 0 Å². The third-order valence-corrected chi connectivity index (χ3v) is 1.11. The monoisotopic (exact) mass is 154 g/mol. The molecule has 0 aliphatic rings. The summed E-state index contributed by atoms with van der Waals surface area (Å²) in [7, 11) is 0. The van der Waals surface area contributed by atoms with E-state index in [1.54, 1.807) is 0 Å². The Balaban J connectivity index is 4.44. The average molecular weight is 154 g/mol. The van der Waals surface area contributed by atoms with Crippen LogP contribution in [0.4, 0.5) is 0 Å². The molecule has 11 heavy (non-hydrogen) atoms. The summed E-state index contributed by atoms with van der Waals surface area (Å²) in [5.74, 6) is -1.33. The third-order valence-electron chi connectivity index (χ3n) is 1.11. The van der Waals surface area contributed by atoms with Gasteiger partial charge in [-0.3, -0.25) is 4.79 Å². The van der Waals surface area contributed by atoms with E-state index in [1.165, 1.54) is 13.0 Å². The van der Waals surface area contributed by atoms with Crippen LogP contribution < -0.4 is 0 Å². The first-order valence-corrected chi connectivity index (χ1v) is 3.13. The highest BCUT2D eigenvalue weighted by Crippen LogP contribution is 2.02. The number of carbonyl (C=O) groups excluding carboxylic acids is 1. The Morgan fingerprint density at radius 2 is 2.09 bits per heavy atom. The van der Waals surface area contributed by atoms with E-state index >= 15 is 0 Å². The molecule has 0 spiro atoms. The van der Waals surface area contributed by atoms with Crippen molar-refractivity contribution in [2.75, 3.05) is 0 Å². The number of carboxylic acid groups (broad SMARTS) is 1. The fourth-order valence-electron chi connectivity index (χ4n) is 0.609. The highest BCUT2D eigenvalue weighted by atomic mass is 16.4. The first-order chi connectivity index (χ1) is 5.07. The van der Waals surface area contributed by atoms with Gasteiger partial charge in [-0.05, 0) is 13.3 Å². The second-order valence-electron chi connectivity index (χ2n) is 2.06. The summed E-state index contributed by atoms with van der Waals surface area (Å²) >= 11 is 0. The van der Waals surface area contributed by atoms with E-state index < -0.39 is 5.97 Å². The van der Waals surface area contributed by atoms with E-state index in [4.69, 9.17) is 5.11 Å². The van der Waals surface area contributed by atoms with Crippen molar-refractivity contribution >= 4 is 11.8 Å². The number of aliphatic carboxylic acids is 1. The number of carboxylic acids is 1. The average Bonchev–Trinajstić information content (AvgIpc) is 1.86. The minimum Gasteiger partial charge on any atom is -0.478 e. The molecule has 0 aliphatic carbocycles. The standard InChI is InChI=1S/C8H10O3/c1-3-4-7(6(2)9)5-8(10)11/h3,5H,1,4H2,2H3,(H,10,11). The fraction of sp³-hybridized carbons (Fsp3) is 0.250. The summed E-state index contributed by atoms with van der Waals surface area (Å²) in [4.78, 5) is 20.8. The molecule has 0 unspecified atom stereocenters. The number of allylic oxidation sites excluding steroid dienone is 2. The van der Waals surface area contributed by atoms with Gasteiger partial charge in [0.2, 0.25) is 0 Å². The van der Waals surface area contributed by atoms with E-state index in [0.717, 1.165) is 6.08 Å². The molecule has 0 heterocycles. The van der Waals surface area contributed by atoms with Crippen LogP contribution in [0.1, 0.15) is 13.3 Å². The molecule has 0 atom stereocenters. The van der Waals surface area contributed by atoms with Crippen LogP contribution >= 0.6 is 0 Å². The molecule has 0 rings (SSSR count). The lowest BCUT2D eigenvalue weighted by Gasteiger charge is -1.95. The Morgan fingerprint density at radius 1 is 1.55 bits per heavy atom. The van der Waals surface area contributed by atoms with Crippen LogP contribution in [0.15, 0.2) is 24.3 Å². The molecule has 3 nitrogen and oxygen atoms in total. The van der Waals surface area contributed by atoms with Gasteiger partial charge in [0.25, 0.3) is 0 Å². The van der Waals surface area contributed by atoms with Crippen molar-refractivity contribution in [2.45, 2.75) is 13.3 Å². The van der Waals surface area contributed by atoms with E-state index in [0.29, 0.717) is 6.42 Å². The molecule has 0 aromatic heterocycles. The molecule has 0 saturated carbocycles. The van der Waals surface area contributed by atoms with Gasteiger partial charge in [0, 0.05) is 11.6 Å². The van der Waals surface area contributed by atoms with Crippen LogP contribution in [0.3, 0.4) is 0 Å². The predicted molar refractivity (Wildman–Crippen MR) is 41.2 cm³/mol. The number of hydrogen-bond donors (Lipinski definition) is 1. The zero-order valence-electron chi connectivity index (χ0n) is 6.33. The number of ketones is 1. The van der Waals surface area contributed by atoms with Gasteiger partial charge in [-0.1, -0.05) is 6.08 Å². The molecule has 3 heteroatoms. The van der Waals surface area contributed by atoms with Crippen LogP contribution in [0, 0.1) is 0 Å². The molecule has 0 saturated heterocycles. The predicted octanol–water partition coefficient (Wildman–Crippen LogP) is 1.16. The number of rotatable bonds is 4. The van der Waals surface area contributed by atoms with Crippen LogP contribution in [-0.4, -0.2) is 16.9 Å².